The van der Waals surface area contributed by atoms with Crippen molar-refractivity contribution in [2.75, 3.05) is 6.61 Å². The van der Waals surface area contributed by atoms with E-state index in [-0.39, 0.29) is 28.2 Å². The third kappa shape index (κ3) is 6.06. The zero-order valence-electron chi connectivity index (χ0n) is 13.8. The van der Waals surface area contributed by atoms with E-state index >= 15 is 0 Å². The molecule has 1 aliphatic rings. The van der Waals surface area contributed by atoms with Gasteiger partial charge >= 0.3 is 12.1 Å². The Balaban J connectivity index is 1.89. The average Bonchev–Trinajstić information content (AvgIpc) is 2.55. The van der Waals surface area contributed by atoms with Crippen molar-refractivity contribution in [3.63, 3.8) is 0 Å². The van der Waals surface area contributed by atoms with Crippen molar-refractivity contribution in [3.8, 4) is 5.75 Å². The number of carbonyl (C=O) groups is 1. The third-order valence-electron chi connectivity index (χ3n) is 4.06. The maximum absolute atomic E-state index is 12.9. The van der Waals surface area contributed by atoms with Crippen LogP contribution in [0.1, 0.15) is 38.2 Å². The van der Waals surface area contributed by atoms with Crippen LogP contribution in [0.2, 0.25) is 0 Å². The van der Waals surface area contributed by atoms with Crippen molar-refractivity contribution in [3.05, 3.63) is 40.4 Å². The van der Waals surface area contributed by atoms with Crippen molar-refractivity contribution in [2.24, 2.45) is 5.92 Å². The minimum atomic E-state index is -4.42. The van der Waals surface area contributed by atoms with Crippen LogP contribution in [0.5, 0.6) is 5.75 Å². The molecule has 0 heterocycles. The lowest BCUT2D eigenvalue weighted by Gasteiger charge is -2.27. The van der Waals surface area contributed by atoms with Crippen molar-refractivity contribution < 1.29 is 27.4 Å². The molecule has 3 nitrogen and oxygen atoms in total. The maximum atomic E-state index is 12.9. The zero-order valence-corrected chi connectivity index (χ0v) is 15.4. The van der Waals surface area contributed by atoms with Crippen LogP contribution < -0.4 is 4.74 Å². The molecule has 25 heavy (non-hydrogen) atoms. The van der Waals surface area contributed by atoms with E-state index in [1.165, 1.54) is 18.2 Å². The fourth-order valence-electron chi connectivity index (χ4n) is 2.79. The monoisotopic (exact) mass is 420 g/mol. The number of allylic oxidation sites excluding steroid dienone is 1. The van der Waals surface area contributed by atoms with E-state index in [0.717, 1.165) is 31.7 Å². The minimum Gasteiger partial charge on any atom is -0.490 e. The Morgan fingerprint density at radius 2 is 1.96 bits per heavy atom. The third-order valence-corrected chi connectivity index (χ3v) is 4.75. The molecular formula is C18H20BrF3O3. The number of halogens is 4. The van der Waals surface area contributed by atoms with Gasteiger partial charge in [-0.1, -0.05) is 22.0 Å². The van der Waals surface area contributed by atoms with Crippen molar-refractivity contribution in [1.82, 2.24) is 0 Å². The van der Waals surface area contributed by atoms with Crippen molar-refractivity contribution in [1.29, 1.82) is 0 Å². The number of carbonyl (C=O) groups excluding carboxylic acids is 1. The quantitative estimate of drug-likeness (QED) is 0.464. The normalized spacial score (nSPS) is 21.3. The van der Waals surface area contributed by atoms with Crippen LogP contribution in [0.3, 0.4) is 0 Å². The molecule has 7 heteroatoms. The summed E-state index contributed by atoms with van der Waals surface area (Å²) in [6.45, 7) is 2.09. The van der Waals surface area contributed by atoms with Crippen LogP contribution in [-0.4, -0.2) is 18.7 Å². The molecule has 0 spiro atoms. The lowest BCUT2D eigenvalue weighted by atomic mass is 9.87. The highest BCUT2D eigenvalue weighted by atomic mass is 79.9. The topological polar surface area (TPSA) is 35.5 Å². The molecule has 1 aromatic carbocycles. The van der Waals surface area contributed by atoms with E-state index in [0.29, 0.717) is 6.61 Å². The van der Waals surface area contributed by atoms with Crippen LogP contribution in [0, 0.1) is 5.92 Å². The molecule has 138 valence electrons. The SMILES string of the molecule is CCOC(=O)/C=C/C1CCC(Oc2ccc(Br)c(C(F)(F)F)c2)CC1. The summed E-state index contributed by atoms with van der Waals surface area (Å²) in [5.74, 6) is 0.136. The zero-order chi connectivity index (χ0) is 18.4. The highest BCUT2D eigenvalue weighted by molar-refractivity contribution is 9.10. The second kappa shape index (κ2) is 8.74. The first-order chi connectivity index (χ1) is 11.8. The number of alkyl halides is 3. The Morgan fingerprint density at radius 1 is 1.28 bits per heavy atom. The van der Waals surface area contributed by atoms with Gasteiger partial charge in [-0.3, -0.25) is 0 Å². The Morgan fingerprint density at radius 3 is 2.56 bits per heavy atom. The van der Waals surface area contributed by atoms with Crippen LogP contribution in [0.15, 0.2) is 34.8 Å². The van der Waals surface area contributed by atoms with Gasteiger partial charge in [0.2, 0.25) is 0 Å². The molecule has 0 bridgehead atoms. The van der Waals surface area contributed by atoms with Gasteiger partial charge in [-0.2, -0.15) is 13.2 Å². The van der Waals surface area contributed by atoms with Crippen LogP contribution in [-0.2, 0) is 15.7 Å². The van der Waals surface area contributed by atoms with E-state index < -0.39 is 11.7 Å². The summed E-state index contributed by atoms with van der Waals surface area (Å²) in [5, 5.41) is 0. The summed E-state index contributed by atoms with van der Waals surface area (Å²) in [4.78, 5) is 11.3. The summed E-state index contributed by atoms with van der Waals surface area (Å²) < 4.78 is 49.4. The highest BCUT2D eigenvalue weighted by Gasteiger charge is 2.33. The van der Waals surface area contributed by atoms with Gasteiger partial charge in [-0.05, 0) is 56.7 Å². The van der Waals surface area contributed by atoms with Crippen molar-refractivity contribution >= 4 is 21.9 Å². The Hall–Kier alpha value is -1.50. The lowest BCUT2D eigenvalue weighted by Crippen LogP contribution is -2.23. The van der Waals surface area contributed by atoms with Gasteiger partial charge < -0.3 is 9.47 Å². The van der Waals surface area contributed by atoms with Crippen molar-refractivity contribution in [2.45, 2.75) is 44.9 Å². The fraction of sp³-hybridized carbons (Fsp3) is 0.500. The molecule has 0 atom stereocenters. The smallest absolute Gasteiger partial charge is 0.417 e. The van der Waals surface area contributed by atoms with Gasteiger partial charge in [0.25, 0.3) is 0 Å². The summed E-state index contributed by atoms with van der Waals surface area (Å²) in [6.07, 6.45) is 1.86. The molecule has 1 aliphatic carbocycles. The first-order valence-electron chi connectivity index (χ1n) is 8.18. The summed E-state index contributed by atoms with van der Waals surface area (Å²) in [7, 11) is 0. The van der Waals surface area contributed by atoms with Gasteiger partial charge in [-0.15, -0.1) is 0 Å². The summed E-state index contributed by atoms with van der Waals surface area (Å²) >= 11 is 2.92. The van der Waals surface area contributed by atoms with Crippen LogP contribution >= 0.6 is 15.9 Å². The van der Waals surface area contributed by atoms with Gasteiger partial charge in [0.05, 0.1) is 18.3 Å². The standard InChI is InChI=1S/C18H20BrF3O3/c1-2-24-17(23)10-5-12-3-6-13(7-4-12)25-14-8-9-16(19)15(11-14)18(20,21)22/h5,8-13H,2-4,6-7H2,1H3/b10-5+. The molecular weight excluding hydrogens is 401 g/mol. The van der Waals surface area contributed by atoms with E-state index in [4.69, 9.17) is 9.47 Å². The molecule has 1 saturated carbocycles. The van der Waals surface area contributed by atoms with Gasteiger partial charge in [0, 0.05) is 10.5 Å². The molecule has 0 aliphatic heterocycles. The van der Waals surface area contributed by atoms with Gasteiger partial charge in [-0.25, -0.2) is 4.79 Å². The molecule has 0 aromatic heterocycles. The average molecular weight is 421 g/mol. The molecule has 0 radical (unpaired) electrons. The van der Waals surface area contributed by atoms with Gasteiger partial charge in [0.15, 0.2) is 0 Å². The predicted molar refractivity (Wildman–Crippen MR) is 91.3 cm³/mol. The van der Waals surface area contributed by atoms with E-state index in [9.17, 15) is 18.0 Å². The summed E-state index contributed by atoms with van der Waals surface area (Å²) in [6, 6.07) is 3.91. The van der Waals surface area contributed by atoms with Crippen LogP contribution in [0.25, 0.3) is 0 Å². The first kappa shape index (κ1) is 19.8. The van der Waals surface area contributed by atoms with E-state index in [1.807, 2.05) is 6.08 Å². The van der Waals surface area contributed by atoms with Crippen LogP contribution in [0.4, 0.5) is 13.2 Å². The minimum absolute atomic E-state index is 0.000149. The maximum Gasteiger partial charge on any atom is 0.417 e. The fourth-order valence-corrected chi connectivity index (χ4v) is 3.26. The summed E-state index contributed by atoms with van der Waals surface area (Å²) in [5.41, 5.74) is -0.740. The predicted octanol–water partition coefficient (Wildman–Crippen LogP) is 5.52. The second-order valence-electron chi connectivity index (χ2n) is 5.91. The number of hydrogen-bond acceptors (Lipinski definition) is 3. The second-order valence-corrected chi connectivity index (χ2v) is 6.76. The highest BCUT2D eigenvalue weighted by Crippen LogP contribution is 2.38. The molecule has 0 amide bonds. The number of ether oxygens (including phenoxy) is 2. The number of benzene rings is 1. The molecule has 1 fully saturated rings. The Kier molecular flexibility index (Phi) is 6.93. The number of rotatable bonds is 5. The first-order valence-corrected chi connectivity index (χ1v) is 8.97. The molecule has 1 aromatic rings. The number of hydrogen-bond donors (Lipinski definition) is 0. The molecule has 2 rings (SSSR count). The van der Waals surface area contributed by atoms with E-state index in [1.54, 1.807) is 6.92 Å². The van der Waals surface area contributed by atoms with E-state index in [2.05, 4.69) is 15.9 Å². The molecule has 0 saturated heterocycles. The number of esters is 1. The van der Waals surface area contributed by atoms with Gasteiger partial charge in [0.1, 0.15) is 5.75 Å². The Labute approximate surface area is 153 Å². The Bertz CT molecular complexity index is 620. The molecule has 0 N–H and O–H groups in total. The molecule has 0 unspecified atom stereocenters. The lowest BCUT2D eigenvalue weighted by molar-refractivity contribution is -0.138. The largest absolute Gasteiger partial charge is 0.490 e.